The minimum atomic E-state index is -4.96. The summed E-state index contributed by atoms with van der Waals surface area (Å²) in [5.74, 6) is 0.236. The standard InChI is InChI=1S/C79H154O17P2/c1-8-10-11-12-13-14-15-16-17-20-23-32-39-46-53-60-76(81)89-66-74(95-78(83)62-55-48-41-34-24-21-18-19-22-29-36-43-50-57-70(3)4)68-93-97(85,86)91-64-73(80)65-92-98(87,88)94-69-75(67-90-77(82)61-54-47-40-33-27-25-30-37-44-51-58-71(5)6)96-79(84)63-56-49-42-35-28-26-31-38-45-52-59-72(7)9-2/h70-75,80H,8-69H2,1-7H3,(H,85,86)(H,87,88)/t72?,73-,74-,75-/m1/s1. The number of unbranched alkanes of at least 4 members (excludes halogenated alkanes) is 44. The molecule has 6 atom stereocenters. The van der Waals surface area contributed by atoms with Crippen molar-refractivity contribution in [1.82, 2.24) is 0 Å². The number of rotatable bonds is 77. The smallest absolute Gasteiger partial charge is 0.462 e. The Morgan fingerprint density at radius 2 is 0.520 bits per heavy atom. The Morgan fingerprint density at radius 3 is 0.776 bits per heavy atom. The summed E-state index contributed by atoms with van der Waals surface area (Å²) >= 11 is 0. The lowest BCUT2D eigenvalue weighted by atomic mass is 9.99. The third-order valence-electron chi connectivity index (χ3n) is 18.7. The molecule has 0 fully saturated rings. The lowest BCUT2D eigenvalue weighted by molar-refractivity contribution is -0.161. The van der Waals surface area contributed by atoms with Gasteiger partial charge in [-0.2, -0.15) is 0 Å². The molecule has 98 heavy (non-hydrogen) atoms. The van der Waals surface area contributed by atoms with Gasteiger partial charge >= 0.3 is 39.5 Å². The summed E-state index contributed by atoms with van der Waals surface area (Å²) in [5.41, 5.74) is 0. The zero-order valence-corrected chi connectivity index (χ0v) is 66.0. The summed E-state index contributed by atoms with van der Waals surface area (Å²) in [6, 6.07) is 0. The molecule has 19 heteroatoms. The Kier molecular flexibility index (Phi) is 68.1. The van der Waals surface area contributed by atoms with E-state index in [4.69, 9.17) is 37.0 Å². The maximum Gasteiger partial charge on any atom is 0.472 e. The van der Waals surface area contributed by atoms with E-state index in [0.717, 1.165) is 108 Å². The average Bonchev–Trinajstić information content (AvgIpc) is 1.14. The Labute approximate surface area is 600 Å². The number of hydrogen-bond donors (Lipinski definition) is 3. The largest absolute Gasteiger partial charge is 0.472 e. The van der Waals surface area contributed by atoms with Gasteiger partial charge in [0.1, 0.15) is 19.3 Å². The Balaban J connectivity index is 5.28. The maximum atomic E-state index is 13.1. The Hall–Kier alpha value is -1.94. The van der Waals surface area contributed by atoms with Gasteiger partial charge < -0.3 is 33.8 Å². The van der Waals surface area contributed by atoms with Gasteiger partial charge in [-0.15, -0.1) is 0 Å². The summed E-state index contributed by atoms with van der Waals surface area (Å²) in [4.78, 5) is 73.0. The third kappa shape index (κ3) is 71.1. The van der Waals surface area contributed by atoms with Crippen molar-refractivity contribution in [1.29, 1.82) is 0 Å². The van der Waals surface area contributed by atoms with Crippen LogP contribution >= 0.6 is 15.6 Å². The molecule has 3 N–H and O–H groups in total. The normalized spacial score (nSPS) is 14.3. The highest BCUT2D eigenvalue weighted by molar-refractivity contribution is 7.47. The zero-order chi connectivity index (χ0) is 72.3. The molecule has 3 unspecified atom stereocenters. The number of phosphoric acid groups is 2. The molecule has 0 aliphatic rings. The van der Waals surface area contributed by atoms with Crippen LogP contribution in [0.4, 0.5) is 0 Å². The van der Waals surface area contributed by atoms with Gasteiger partial charge in [-0.3, -0.25) is 37.3 Å². The zero-order valence-electron chi connectivity index (χ0n) is 64.3. The van der Waals surface area contributed by atoms with Crippen LogP contribution in [0.1, 0.15) is 408 Å². The van der Waals surface area contributed by atoms with E-state index in [-0.39, 0.29) is 25.7 Å². The molecule has 582 valence electrons. The van der Waals surface area contributed by atoms with Crippen LogP contribution in [0.5, 0.6) is 0 Å². The quantitative estimate of drug-likeness (QED) is 0.0222. The van der Waals surface area contributed by atoms with E-state index < -0.39 is 97.5 Å². The summed E-state index contributed by atoms with van der Waals surface area (Å²) in [7, 11) is -9.92. The van der Waals surface area contributed by atoms with Crippen LogP contribution in [0.25, 0.3) is 0 Å². The van der Waals surface area contributed by atoms with Crippen molar-refractivity contribution in [2.75, 3.05) is 39.6 Å². The van der Waals surface area contributed by atoms with Crippen LogP contribution in [0, 0.1) is 17.8 Å². The average molecular weight is 1440 g/mol. The molecule has 0 aromatic rings. The summed E-state index contributed by atoms with van der Waals surface area (Å²) in [6.07, 6.45) is 56.7. The SMILES string of the molecule is CCCCCCCCCCCCCCCCCC(=O)OC[C@H](COP(=O)(O)OC[C@@H](O)COP(=O)(O)OC[C@@H](COC(=O)CCCCCCCCCCCCC(C)C)OC(=O)CCCCCCCCCCCCC(C)CC)OC(=O)CCCCCCCCCCCCCCCC(C)C. The van der Waals surface area contributed by atoms with Gasteiger partial charge in [0, 0.05) is 25.7 Å². The summed E-state index contributed by atoms with van der Waals surface area (Å²) in [6.45, 7) is 12.0. The molecule has 17 nitrogen and oxygen atoms in total. The fourth-order valence-electron chi connectivity index (χ4n) is 12.1. The predicted octanol–water partition coefficient (Wildman–Crippen LogP) is 23.4. The molecule has 0 aliphatic heterocycles. The van der Waals surface area contributed by atoms with Gasteiger partial charge in [-0.05, 0) is 43.4 Å². The van der Waals surface area contributed by atoms with Crippen molar-refractivity contribution in [3.8, 4) is 0 Å². The van der Waals surface area contributed by atoms with Gasteiger partial charge in [0.15, 0.2) is 12.2 Å². The van der Waals surface area contributed by atoms with Crippen molar-refractivity contribution in [3.05, 3.63) is 0 Å². The van der Waals surface area contributed by atoms with Crippen molar-refractivity contribution in [3.63, 3.8) is 0 Å². The van der Waals surface area contributed by atoms with E-state index in [1.54, 1.807) is 0 Å². The van der Waals surface area contributed by atoms with Gasteiger partial charge in [-0.1, -0.05) is 357 Å². The molecule has 0 heterocycles. The minimum absolute atomic E-state index is 0.106. The highest BCUT2D eigenvalue weighted by Crippen LogP contribution is 2.45. The Morgan fingerprint density at radius 1 is 0.296 bits per heavy atom. The molecule has 0 amide bonds. The molecule has 0 spiro atoms. The number of ether oxygens (including phenoxy) is 4. The van der Waals surface area contributed by atoms with E-state index in [2.05, 4.69) is 48.5 Å². The van der Waals surface area contributed by atoms with Crippen LogP contribution in [-0.4, -0.2) is 96.7 Å². The predicted molar refractivity (Wildman–Crippen MR) is 400 cm³/mol. The second kappa shape index (κ2) is 69.4. The first-order valence-electron chi connectivity index (χ1n) is 40.9. The van der Waals surface area contributed by atoms with E-state index >= 15 is 0 Å². The fourth-order valence-corrected chi connectivity index (χ4v) is 13.7. The number of esters is 4. The molecule has 0 saturated carbocycles. The number of aliphatic hydroxyl groups is 1. The van der Waals surface area contributed by atoms with Crippen molar-refractivity contribution >= 4 is 39.5 Å². The highest BCUT2D eigenvalue weighted by atomic mass is 31.2. The lowest BCUT2D eigenvalue weighted by Crippen LogP contribution is -2.30. The van der Waals surface area contributed by atoms with E-state index in [1.807, 2.05) is 0 Å². The van der Waals surface area contributed by atoms with Crippen LogP contribution in [-0.2, 0) is 65.4 Å². The number of carbonyl (C=O) groups is 4. The second-order valence-corrected chi connectivity index (χ2v) is 32.6. The highest BCUT2D eigenvalue weighted by Gasteiger charge is 2.30. The fraction of sp³-hybridized carbons (Fsp3) is 0.949. The van der Waals surface area contributed by atoms with Gasteiger partial charge in [0.25, 0.3) is 0 Å². The molecule has 0 aromatic carbocycles. The van der Waals surface area contributed by atoms with Crippen molar-refractivity contribution in [2.45, 2.75) is 426 Å². The lowest BCUT2D eigenvalue weighted by Gasteiger charge is -2.21. The van der Waals surface area contributed by atoms with Crippen molar-refractivity contribution in [2.24, 2.45) is 17.8 Å². The van der Waals surface area contributed by atoms with Crippen LogP contribution < -0.4 is 0 Å². The van der Waals surface area contributed by atoms with Crippen LogP contribution in [0.3, 0.4) is 0 Å². The minimum Gasteiger partial charge on any atom is -0.462 e. The molecule has 0 aromatic heterocycles. The molecular formula is C79H154O17P2. The number of phosphoric ester groups is 2. The van der Waals surface area contributed by atoms with Crippen LogP contribution in [0.2, 0.25) is 0 Å². The van der Waals surface area contributed by atoms with E-state index in [1.165, 1.54) is 218 Å². The monoisotopic (exact) mass is 1440 g/mol. The van der Waals surface area contributed by atoms with Gasteiger partial charge in [0.2, 0.25) is 0 Å². The summed E-state index contributed by atoms with van der Waals surface area (Å²) in [5, 5.41) is 10.6. The molecule has 0 saturated heterocycles. The molecule has 0 aliphatic carbocycles. The van der Waals surface area contributed by atoms with E-state index in [9.17, 15) is 43.2 Å². The maximum absolute atomic E-state index is 13.1. The first-order valence-corrected chi connectivity index (χ1v) is 43.9. The topological polar surface area (TPSA) is 237 Å². The number of aliphatic hydroxyl groups excluding tert-OH is 1. The number of hydrogen-bond acceptors (Lipinski definition) is 15. The number of carbonyl (C=O) groups excluding carboxylic acids is 4. The molecule has 0 bridgehead atoms. The van der Waals surface area contributed by atoms with Crippen LogP contribution in [0.15, 0.2) is 0 Å². The first kappa shape index (κ1) is 96.1. The third-order valence-corrected chi connectivity index (χ3v) is 20.6. The first-order chi connectivity index (χ1) is 47.3. The van der Waals surface area contributed by atoms with E-state index in [0.29, 0.717) is 25.7 Å². The molecular weight excluding hydrogens is 1280 g/mol. The van der Waals surface area contributed by atoms with Gasteiger partial charge in [0.05, 0.1) is 26.4 Å². The Bertz CT molecular complexity index is 1910. The van der Waals surface area contributed by atoms with Crippen molar-refractivity contribution < 1.29 is 80.2 Å². The van der Waals surface area contributed by atoms with Gasteiger partial charge in [-0.25, -0.2) is 9.13 Å². The molecule has 0 rings (SSSR count). The molecule has 0 radical (unpaired) electrons. The summed E-state index contributed by atoms with van der Waals surface area (Å²) < 4.78 is 68.7. The second-order valence-electron chi connectivity index (χ2n) is 29.6.